The Bertz CT molecular complexity index is 1370. The molecule has 2 heterocycles. The van der Waals surface area contributed by atoms with E-state index in [9.17, 15) is 23.1 Å². The van der Waals surface area contributed by atoms with Gasteiger partial charge in [0.15, 0.2) is 11.5 Å². The minimum atomic E-state index is -4.19. The molecule has 2 aromatic carbocycles. The molecule has 3 atom stereocenters. The second kappa shape index (κ2) is 15.2. The minimum absolute atomic E-state index is 0.00111. The van der Waals surface area contributed by atoms with E-state index in [1.807, 2.05) is 51.1 Å². The molecule has 4 N–H and O–H groups in total. The number of carbonyl (C=O) groups is 2. The van der Waals surface area contributed by atoms with Gasteiger partial charge in [0.05, 0.1) is 10.9 Å². The molecule has 2 aliphatic rings. The summed E-state index contributed by atoms with van der Waals surface area (Å²) in [6.07, 6.45) is 3.33. The van der Waals surface area contributed by atoms with E-state index in [4.69, 9.17) is 9.47 Å². The van der Waals surface area contributed by atoms with Crippen LogP contribution in [0.15, 0.2) is 53.4 Å². The molecule has 2 aliphatic heterocycles. The van der Waals surface area contributed by atoms with E-state index < -0.39 is 15.7 Å². The first-order chi connectivity index (χ1) is 21.0. The van der Waals surface area contributed by atoms with Crippen LogP contribution in [-0.4, -0.2) is 73.9 Å². The first-order valence-corrected chi connectivity index (χ1v) is 16.9. The van der Waals surface area contributed by atoms with Crippen molar-refractivity contribution in [3.8, 4) is 11.5 Å². The number of nitrogens with one attached hydrogen (secondary N) is 3. The van der Waals surface area contributed by atoms with Crippen LogP contribution in [0.3, 0.4) is 0 Å². The second-order valence-corrected chi connectivity index (χ2v) is 14.0. The van der Waals surface area contributed by atoms with Gasteiger partial charge in [-0.2, -0.15) is 4.31 Å². The molecular weight excluding hydrogens is 584 g/mol. The number of rotatable bonds is 16. The normalized spacial score (nSPS) is 18.3. The van der Waals surface area contributed by atoms with Crippen LogP contribution in [0.2, 0.25) is 0 Å². The Morgan fingerprint density at radius 3 is 2.57 bits per heavy atom. The zero-order valence-corrected chi connectivity index (χ0v) is 26.7. The highest BCUT2D eigenvalue weighted by Crippen LogP contribution is 2.37. The first kappa shape index (κ1) is 33.7. The van der Waals surface area contributed by atoms with Gasteiger partial charge in [0, 0.05) is 44.5 Å². The van der Waals surface area contributed by atoms with Gasteiger partial charge in [0.25, 0.3) is 0 Å². The molecule has 2 amide bonds. The Labute approximate surface area is 260 Å². The number of benzene rings is 2. The summed E-state index contributed by atoms with van der Waals surface area (Å²) in [7, 11) is -4.19. The standard InChI is InChI=1S/C32H46N4O7S/c1-23(2)21-36(44(40,41)26-14-15-28-29(19-26)43-22-42-28)32(39,20-25-10-5-4-6-11-25)16-18-34-30(37)13-7-9-24(3)35-31(38)27-12-8-17-33-27/h4-6,10-11,14-15,19,23-24,27,33,39H,7-9,12-13,16-18,20-22H2,1-3H3,(H,34,37)(H,35,38). The van der Waals surface area contributed by atoms with Crippen molar-refractivity contribution in [3.63, 3.8) is 0 Å². The molecular formula is C32H46N4O7S. The van der Waals surface area contributed by atoms with Crippen molar-refractivity contribution in [2.24, 2.45) is 5.92 Å². The highest BCUT2D eigenvalue weighted by atomic mass is 32.2. The van der Waals surface area contributed by atoms with Gasteiger partial charge in [-0.15, -0.1) is 0 Å². The van der Waals surface area contributed by atoms with Crippen molar-refractivity contribution < 1.29 is 32.6 Å². The van der Waals surface area contributed by atoms with Gasteiger partial charge >= 0.3 is 0 Å². The molecule has 242 valence electrons. The molecule has 44 heavy (non-hydrogen) atoms. The topological polar surface area (TPSA) is 146 Å². The number of hydrogen-bond donors (Lipinski definition) is 4. The van der Waals surface area contributed by atoms with Gasteiger partial charge in [-0.1, -0.05) is 44.2 Å². The largest absolute Gasteiger partial charge is 0.454 e. The Morgan fingerprint density at radius 1 is 1.11 bits per heavy atom. The van der Waals surface area contributed by atoms with Crippen molar-refractivity contribution in [1.82, 2.24) is 20.3 Å². The number of carbonyl (C=O) groups excluding carboxylic acids is 2. The van der Waals surface area contributed by atoms with Crippen LogP contribution in [0.4, 0.5) is 0 Å². The molecule has 3 unspecified atom stereocenters. The van der Waals surface area contributed by atoms with E-state index in [2.05, 4.69) is 16.0 Å². The molecule has 1 fully saturated rings. The molecule has 0 spiro atoms. The summed E-state index contributed by atoms with van der Waals surface area (Å²) in [4.78, 5) is 25.0. The number of ether oxygens (including phenoxy) is 2. The Morgan fingerprint density at radius 2 is 1.86 bits per heavy atom. The molecule has 0 aromatic heterocycles. The smallest absolute Gasteiger partial charge is 0.245 e. The maximum atomic E-state index is 14.1. The molecule has 2 aromatic rings. The van der Waals surface area contributed by atoms with Gasteiger partial charge in [0.1, 0.15) is 5.72 Å². The third kappa shape index (κ3) is 8.93. The number of aliphatic hydroxyl groups is 1. The van der Waals surface area contributed by atoms with Crippen molar-refractivity contribution in [3.05, 3.63) is 54.1 Å². The summed E-state index contributed by atoms with van der Waals surface area (Å²) < 4.78 is 40.2. The van der Waals surface area contributed by atoms with Crippen LogP contribution < -0.4 is 25.4 Å². The lowest BCUT2D eigenvalue weighted by atomic mass is 9.98. The predicted octanol–water partition coefficient (Wildman–Crippen LogP) is 2.93. The van der Waals surface area contributed by atoms with Gasteiger partial charge < -0.3 is 30.5 Å². The summed E-state index contributed by atoms with van der Waals surface area (Å²) >= 11 is 0. The average molecular weight is 631 g/mol. The molecule has 0 radical (unpaired) electrons. The molecule has 4 rings (SSSR count). The Hall–Kier alpha value is -3.19. The lowest BCUT2D eigenvalue weighted by Gasteiger charge is -2.40. The third-order valence-corrected chi connectivity index (χ3v) is 9.83. The highest BCUT2D eigenvalue weighted by molar-refractivity contribution is 7.89. The van der Waals surface area contributed by atoms with E-state index in [0.29, 0.717) is 24.3 Å². The lowest BCUT2D eigenvalue weighted by Crippen LogP contribution is -2.55. The zero-order chi connectivity index (χ0) is 31.7. The number of nitrogens with zero attached hydrogens (tertiary/aromatic N) is 1. The Balaban J connectivity index is 1.42. The van der Waals surface area contributed by atoms with Crippen molar-refractivity contribution in [1.29, 1.82) is 0 Å². The van der Waals surface area contributed by atoms with Crippen LogP contribution in [0, 0.1) is 5.92 Å². The number of fused-ring (bicyclic) bond motifs is 1. The van der Waals surface area contributed by atoms with Gasteiger partial charge in [0.2, 0.25) is 28.6 Å². The fraction of sp³-hybridized carbons (Fsp3) is 0.562. The number of hydrogen-bond acceptors (Lipinski definition) is 8. The SMILES string of the molecule is CC(C)CN(C(O)(CCNC(=O)CCCC(C)NC(=O)C1CCCN1)Cc1ccccc1)S(=O)(=O)c1ccc2c(c1)OCO2. The highest BCUT2D eigenvalue weighted by Gasteiger charge is 2.43. The van der Waals surface area contributed by atoms with Crippen molar-refractivity contribution >= 4 is 21.8 Å². The van der Waals surface area contributed by atoms with E-state index in [0.717, 1.165) is 29.3 Å². The molecule has 0 saturated carbocycles. The fourth-order valence-electron chi connectivity index (χ4n) is 5.60. The maximum Gasteiger partial charge on any atom is 0.245 e. The monoisotopic (exact) mass is 630 g/mol. The molecule has 0 bridgehead atoms. The van der Waals surface area contributed by atoms with Gasteiger partial charge in [-0.3, -0.25) is 9.59 Å². The third-order valence-electron chi connectivity index (χ3n) is 7.91. The molecule has 0 aliphatic carbocycles. The minimum Gasteiger partial charge on any atom is -0.454 e. The average Bonchev–Trinajstić information content (AvgIpc) is 3.69. The summed E-state index contributed by atoms with van der Waals surface area (Å²) in [6, 6.07) is 13.4. The Kier molecular flexibility index (Phi) is 11.6. The van der Waals surface area contributed by atoms with Crippen LogP contribution >= 0.6 is 0 Å². The van der Waals surface area contributed by atoms with Crippen molar-refractivity contribution in [2.45, 2.75) is 88.4 Å². The zero-order valence-electron chi connectivity index (χ0n) is 25.9. The molecule has 1 saturated heterocycles. The summed E-state index contributed by atoms with van der Waals surface area (Å²) in [6.45, 7) is 6.71. The number of amides is 2. The van der Waals surface area contributed by atoms with Gasteiger partial charge in [-0.05, 0) is 62.8 Å². The van der Waals surface area contributed by atoms with Gasteiger partial charge in [-0.25, -0.2) is 8.42 Å². The predicted molar refractivity (Wildman–Crippen MR) is 166 cm³/mol. The maximum absolute atomic E-state index is 14.1. The van der Waals surface area contributed by atoms with E-state index in [1.165, 1.54) is 12.1 Å². The van der Waals surface area contributed by atoms with Crippen LogP contribution in [0.25, 0.3) is 0 Å². The first-order valence-electron chi connectivity index (χ1n) is 15.5. The summed E-state index contributed by atoms with van der Waals surface area (Å²) in [5.41, 5.74) is -1.07. The molecule has 12 heteroatoms. The second-order valence-electron chi connectivity index (χ2n) is 12.1. The van der Waals surface area contributed by atoms with Crippen LogP contribution in [0.5, 0.6) is 11.5 Å². The fourth-order valence-corrected chi connectivity index (χ4v) is 7.44. The van der Waals surface area contributed by atoms with Crippen molar-refractivity contribution in [2.75, 3.05) is 26.4 Å². The molecule has 11 nitrogen and oxygen atoms in total. The van der Waals surface area contributed by atoms with Crippen LogP contribution in [-0.2, 0) is 26.0 Å². The summed E-state index contributed by atoms with van der Waals surface area (Å²) in [5.74, 6) is 0.501. The van der Waals surface area contributed by atoms with E-state index in [1.54, 1.807) is 6.07 Å². The summed E-state index contributed by atoms with van der Waals surface area (Å²) in [5, 5.41) is 21.2. The quantitative estimate of drug-likeness (QED) is 0.207. The van der Waals surface area contributed by atoms with Crippen LogP contribution in [0.1, 0.15) is 64.9 Å². The lowest BCUT2D eigenvalue weighted by molar-refractivity contribution is -0.123. The number of sulfonamides is 1. The van der Waals surface area contributed by atoms with E-state index in [-0.39, 0.29) is 73.9 Å². The van der Waals surface area contributed by atoms with E-state index >= 15 is 0 Å².